The molecule has 108 valence electrons. The van der Waals surface area contributed by atoms with E-state index in [9.17, 15) is 0 Å². The van der Waals surface area contributed by atoms with Crippen LogP contribution < -0.4 is 5.73 Å². The summed E-state index contributed by atoms with van der Waals surface area (Å²) in [4.78, 5) is 4.85. The molecule has 0 aliphatic carbocycles. The first-order chi connectivity index (χ1) is 8.98. The number of hydrogen-bond acceptors (Lipinski definition) is 4. The van der Waals surface area contributed by atoms with Crippen molar-refractivity contribution in [3.8, 4) is 0 Å². The van der Waals surface area contributed by atoms with Crippen molar-refractivity contribution in [2.75, 3.05) is 27.2 Å². The zero-order chi connectivity index (χ0) is 14.0. The largest absolute Gasteiger partial charge is 0.469 e. The topological polar surface area (TPSA) is 45.6 Å². The maximum Gasteiger partial charge on any atom is 0.105 e. The van der Waals surface area contributed by atoms with Crippen LogP contribution in [0.4, 0.5) is 0 Å². The van der Waals surface area contributed by atoms with Crippen molar-refractivity contribution in [2.24, 2.45) is 5.73 Å². The molecule has 0 aromatic carbocycles. The van der Waals surface area contributed by atoms with E-state index in [2.05, 4.69) is 36.9 Å². The Bertz CT molecular complexity index is 417. The maximum atomic E-state index is 6.13. The predicted molar refractivity (Wildman–Crippen MR) is 78.0 cm³/mol. The molecule has 0 spiro atoms. The molecular weight excluding hydrogens is 238 g/mol. The van der Waals surface area contributed by atoms with E-state index in [0.717, 1.165) is 38.2 Å². The van der Waals surface area contributed by atoms with Crippen molar-refractivity contribution in [3.05, 3.63) is 23.7 Å². The lowest BCUT2D eigenvalue weighted by Crippen LogP contribution is -2.59. The van der Waals surface area contributed by atoms with Crippen LogP contribution in [0, 0.1) is 6.92 Å². The minimum absolute atomic E-state index is 0.121. The van der Waals surface area contributed by atoms with Crippen molar-refractivity contribution in [2.45, 2.75) is 44.8 Å². The summed E-state index contributed by atoms with van der Waals surface area (Å²) in [6, 6.07) is 2.65. The first-order valence-corrected chi connectivity index (χ1v) is 7.13. The molecule has 1 aliphatic rings. The lowest BCUT2D eigenvalue weighted by Gasteiger charge is -2.49. The molecule has 1 aromatic heterocycles. The zero-order valence-corrected chi connectivity index (χ0v) is 12.6. The Hall–Kier alpha value is -0.840. The average Bonchev–Trinajstić information content (AvgIpc) is 2.78. The minimum Gasteiger partial charge on any atom is -0.469 e. The Kier molecular flexibility index (Phi) is 4.33. The molecule has 2 unspecified atom stereocenters. The van der Waals surface area contributed by atoms with Gasteiger partial charge < -0.3 is 15.1 Å². The molecule has 0 amide bonds. The minimum atomic E-state index is 0.121. The average molecular weight is 265 g/mol. The standard InChI is InChI=1S/C15H27N3O/c1-12-9-15(11-16,6-7-17(12)3)18(4)10-14-5-8-19-13(14)2/h5,8,12H,6-7,9-11,16H2,1-4H3. The molecule has 0 bridgehead atoms. The molecule has 1 aromatic rings. The van der Waals surface area contributed by atoms with Crippen LogP contribution in [-0.4, -0.2) is 48.6 Å². The Morgan fingerprint density at radius 2 is 2.32 bits per heavy atom. The van der Waals surface area contributed by atoms with Crippen molar-refractivity contribution in [1.29, 1.82) is 0 Å². The molecule has 2 rings (SSSR count). The van der Waals surface area contributed by atoms with E-state index >= 15 is 0 Å². The molecule has 1 aliphatic heterocycles. The quantitative estimate of drug-likeness (QED) is 0.902. The first-order valence-electron chi connectivity index (χ1n) is 7.13. The molecule has 0 radical (unpaired) electrons. The third kappa shape index (κ3) is 2.86. The van der Waals surface area contributed by atoms with Crippen LogP contribution in [0.25, 0.3) is 0 Å². The van der Waals surface area contributed by atoms with Gasteiger partial charge in [-0.05, 0) is 53.4 Å². The van der Waals surface area contributed by atoms with E-state index in [4.69, 9.17) is 10.2 Å². The number of nitrogens with two attached hydrogens (primary N) is 1. The molecular formula is C15H27N3O. The summed E-state index contributed by atoms with van der Waals surface area (Å²) in [6.07, 6.45) is 4.04. The van der Waals surface area contributed by atoms with Gasteiger partial charge in [-0.2, -0.15) is 0 Å². The van der Waals surface area contributed by atoms with Gasteiger partial charge in [0, 0.05) is 30.2 Å². The SMILES string of the molecule is Cc1occc1CN(C)C1(CN)CCN(C)C(C)C1. The molecule has 2 heterocycles. The normalized spacial score (nSPS) is 29.1. The molecule has 1 saturated heterocycles. The fourth-order valence-corrected chi connectivity index (χ4v) is 3.10. The fraction of sp³-hybridized carbons (Fsp3) is 0.733. The summed E-state index contributed by atoms with van der Waals surface area (Å²) in [5.74, 6) is 1.01. The highest BCUT2D eigenvalue weighted by Crippen LogP contribution is 2.31. The van der Waals surface area contributed by atoms with Crippen LogP contribution in [-0.2, 0) is 6.54 Å². The van der Waals surface area contributed by atoms with Gasteiger partial charge in [-0.3, -0.25) is 4.90 Å². The third-order valence-corrected chi connectivity index (χ3v) is 4.92. The van der Waals surface area contributed by atoms with E-state index < -0.39 is 0 Å². The van der Waals surface area contributed by atoms with Gasteiger partial charge in [-0.15, -0.1) is 0 Å². The highest BCUT2D eigenvalue weighted by atomic mass is 16.3. The highest BCUT2D eigenvalue weighted by molar-refractivity contribution is 5.16. The predicted octanol–water partition coefficient (Wildman–Crippen LogP) is 1.83. The van der Waals surface area contributed by atoms with Gasteiger partial charge >= 0.3 is 0 Å². The molecule has 1 fully saturated rings. The number of piperidine rings is 1. The smallest absolute Gasteiger partial charge is 0.105 e. The van der Waals surface area contributed by atoms with E-state index in [0.29, 0.717) is 6.04 Å². The van der Waals surface area contributed by atoms with Crippen molar-refractivity contribution >= 4 is 0 Å². The van der Waals surface area contributed by atoms with Crippen LogP contribution in [0.2, 0.25) is 0 Å². The van der Waals surface area contributed by atoms with Gasteiger partial charge in [0.15, 0.2) is 0 Å². The number of hydrogen-bond donors (Lipinski definition) is 1. The number of nitrogens with zero attached hydrogens (tertiary/aromatic N) is 2. The van der Waals surface area contributed by atoms with Gasteiger partial charge in [0.2, 0.25) is 0 Å². The Morgan fingerprint density at radius 3 is 2.84 bits per heavy atom. The molecule has 0 saturated carbocycles. The summed E-state index contributed by atoms with van der Waals surface area (Å²) in [5, 5.41) is 0. The van der Waals surface area contributed by atoms with E-state index in [1.54, 1.807) is 6.26 Å². The third-order valence-electron chi connectivity index (χ3n) is 4.92. The van der Waals surface area contributed by atoms with Crippen molar-refractivity contribution < 1.29 is 4.42 Å². The molecule has 19 heavy (non-hydrogen) atoms. The number of furan rings is 1. The van der Waals surface area contributed by atoms with E-state index in [1.807, 2.05) is 6.92 Å². The van der Waals surface area contributed by atoms with E-state index in [1.165, 1.54) is 5.56 Å². The fourth-order valence-electron chi connectivity index (χ4n) is 3.10. The van der Waals surface area contributed by atoms with Gasteiger partial charge in [-0.25, -0.2) is 0 Å². The lowest BCUT2D eigenvalue weighted by molar-refractivity contribution is 0.0220. The van der Waals surface area contributed by atoms with Gasteiger partial charge in [0.25, 0.3) is 0 Å². The first kappa shape index (κ1) is 14.6. The summed E-state index contributed by atoms with van der Waals surface area (Å²) in [6.45, 7) is 7.07. The summed E-state index contributed by atoms with van der Waals surface area (Å²) >= 11 is 0. The highest BCUT2D eigenvalue weighted by Gasteiger charge is 2.39. The van der Waals surface area contributed by atoms with Crippen LogP contribution >= 0.6 is 0 Å². The lowest BCUT2D eigenvalue weighted by atomic mass is 9.82. The molecule has 2 atom stereocenters. The second-order valence-electron chi connectivity index (χ2n) is 6.07. The number of aryl methyl sites for hydroxylation is 1. The molecule has 4 nitrogen and oxygen atoms in total. The van der Waals surface area contributed by atoms with Crippen LogP contribution in [0.5, 0.6) is 0 Å². The number of likely N-dealkylation sites (N-methyl/N-ethyl adjacent to an activating group) is 1. The molecule has 4 heteroatoms. The Labute approximate surface area is 116 Å². The van der Waals surface area contributed by atoms with Crippen LogP contribution in [0.15, 0.2) is 16.7 Å². The van der Waals surface area contributed by atoms with Gasteiger partial charge in [-0.1, -0.05) is 0 Å². The van der Waals surface area contributed by atoms with Gasteiger partial charge in [0.1, 0.15) is 5.76 Å². The van der Waals surface area contributed by atoms with Crippen molar-refractivity contribution in [3.63, 3.8) is 0 Å². The van der Waals surface area contributed by atoms with Gasteiger partial charge in [0.05, 0.1) is 6.26 Å². The number of likely N-dealkylation sites (tertiary alicyclic amines) is 1. The summed E-state index contributed by atoms with van der Waals surface area (Å²) in [5.41, 5.74) is 7.52. The van der Waals surface area contributed by atoms with Crippen LogP contribution in [0.3, 0.4) is 0 Å². The Morgan fingerprint density at radius 1 is 1.58 bits per heavy atom. The van der Waals surface area contributed by atoms with E-state index in [-0.39, 0.29) is 5.54 Å². The summed E-state index contributed by atoms with van der Waals surface area (Å²) < 4.78 is 5.39. The number of rotatable bonds is 4. The molecule has 2 N–H and O–H groups in total. The second-order valence-corrected chi connectivity index (χ2v) is 6.07. The second kappa shape index (κ2) is 5.65. The monoisotopic (exact) mass is 265 g/mol. The van der Waals surface area contributed by atoms with Crippen LogP contribution in [0.1, 0.15) is 31.1 Å². The Balaban J connectivity index is 2.10. The zero-order valence-electron chi connectivity index (χ0n) is 12.6. The van der Waals surface area contributed by atoms with Crippen molar-refractivity contribution in [1.82, 2.24) is 9.80 Å². The maximum absolute atomic E-state index is 6.13. The summed E-state index contributed by atoms with van der Waals surface area (Å²) in [7, 11) is 4.39.